The Hall–Kier alpha value is -0.380. The summed E-state index contributed by atoms with van der Waals surface area (Å²) in [5.41, 5.74) is 7.27. The summed E-state index contributed by atoms with van der Waals surface area (Å²) in [5.74, 6) is 0.983. The molecule has 2 heterocycles. The van der Waals surface area contributed by atoms with Crippen LogP contribution in [0.3, 0.4) is 0 Å². The van der Waals surface area contributed by atoms with Crippen molar-refractivity contribution in [2.75, 3.05) is 6.54 Å². The van der Waals surface area contributed by atoms with Crippen LogP contribution in [-0.4, -0.2) is 18.8 Å². The summed E-state index contributed by atoms with van der Waals surface area (Å²) in [6, 6.07) is 8.45. The van der Waals surface area contributed by atoms with Crippen molar-refractivity contribution in [3.63, 3.8) is 0 Å². The number of nitrogens with two attached hydrogens (primary N) is 1. The van der Waals surface area contributed by atoms with Gasteiger partial charge in [-0.2, -0.15) is 0 Å². The molecule has 2 N–H and O–H groups in total. The summed E-state index contributed by atoms with van der Waals surface area (Å²) in [6.45, 7) is 0.729. The SMILES string of the molecule is NCC1C2CCC(O2)C1c1ccccc1Br. The van der Waals surface area contributed by atoms with Gasteiger partial charge in [0.15, 0.2) is 0 Å². The van der Waals surface area contributed by atoms with E-state index in [1.54, 1.807) is 0 Å². The molecule has 1 aromatic rings. The van der Waals surface area contributed by atoms with E-state index in [2.05, 4.69) is 40.2 Å². The number of benzene rings is 1. The van der Waals surface area contributed by atoms with E-state index in [0.717, 1.165) is 6.54 Å². The quantitative estimate of drug-likeness (QED) is 0.905. The molecule has 1 aromatic carbocycles. The minimum absolute atomic E-state index is 0.386. The van der Waals surface area contributed by atoms with Crippen LogP contribution in [0.5, 0.6) is 0 Å². The predicted molar refractivity (Wildman–Crippen MR) is 67.3 cm³/mol. The van der Waals surface area contributed by atoms with Crippen molar-refractivity contribution in [1.82, 2.24) is 0 Å². The second-order valence-corrected chi connectivity index (χ2v) is 5.59. The van der Waals surface area contributed by atoms with E-state index in [1.165, 1.54) is 22.9 Å². The van der Waals surface area contributed by atoms with E-state index >= 15 is 0 Å². The maximum Gasteiger partial charge on any atom is 0.0653 e. The molecular formula is C13H16BrNO. The molecule has 3 heteroatoms. The van der Waals surface area contributed by atoms with Crippen LogP contribution in [0, 0.1) is 5.92 Å². The highest BCUT2D eigenvalue weighted by Gasteiger charge is 2.49. The molecule has 4 unspecified atom stereocenters. The minimum atomic E-state index is 0.386. The number of hydrogen-bond acceptors (Lipinski definition) is 2. The lowest BCUT2D eigenvalue weighted by atomic mass is 9.75. The Morgan fingerprint density at radius 2 is 2.00 bits per heavy atom. The van der Waals surface area contributed by atoms with E-state index in [1.807, 2.05) is 0 Å². The topological polar surface area (TPSA) is 35.2 Å². The largest absolute Gasteiger partial charge is 0.374 e. The molecule has 2 aliphatic rings. The van der Waals surface area contributed by atoms with Crippen LogP contribution >= 0.6 is 15.9 Å². The summed E-state index contributed by atoms with van der Waals surface area (Å²) >= 11 is 3.64. The van der Waals surface area contributed by atoms with Crippen molar-refractivity contribution in [2.24, 2.45) is 11.7 Å². The zero-order valence-electron chi connectivity index (χ0n) is 9.10. The fourth-order valence-electron chi connectivity index (χ4n) is 3.25. The first-order valence-electron chi connectivity index (χ1n) is 5.91. The Bertz CT molecular complexity index is 395. The number of rotatable bonds is 2. The third-order valence-corrected chi connectivity index (χ3v) is 4.68. The van der Waals surface area contributed by atoms with Gasteiger partial charge in [-0.05, 0) is 31.0 Å². The van der Waals surface area contributed by atoms with Crippen molar-refractivity contribution < 1.29 is 4.74 Å². The molecule has 2 bridgehead atoms. The van der Waals surface area contributed by atoms with E-state index in [4.69, 9.17) is 10.5 Å². The summed E-state index contributed by atoms with van der Waals surface area (Å²) in [5, 5.41) is 0. The van der Waals surface area contributed by atoms with Crippen LogP contribution < -0.4 is 5.73 Å². The molecule has 2 aliphatic heterocycles. The van der Waals surface area contributed by atoms with E-state index in [9.17, 15) is 0 Å². The lowest BCUT2D eigenvalue weighted by Gasteiger charge is -2.27. The summed E-state index contributed by atoms with van der Waals surface area (Å²) in [6.07, 6.45) is 3.16. The molecule has 0 radical (unpaired) electrons. The highest BCUT2D eigenvalue weighted by atomic mass is 79.9. The van der Waals surface area contributed by atoms with Crippen molar-refractivity contribution in [3.05, 3.63) is 34.3 Å². The lowest BCUT2D eigenvalue weighted by molar-refractivity contribution is 0.0918. The summed E-state index contributed by atoms with van der Waals surface area (Å²) < 4.78 is 7.19. The van der Waals surface area contributed by atoms with Gasteiger partial charge in [-0.3, -0.25) is 0 Å². The van der Waals surface area contributed by atoms with Gasteiger partial charge >= 0.3 is 0 Å². The number of ether oxygens (including phenoxy) is 1. The summed E-state index contributed by atoms with van der Waals surface area (Å²) in [4.78, 5) is 0. The Labute approximate surface area is 104 Å². The van der Waals surface area contributed by atoms with Gasteiger partial charge in [0.05, 0.1) is 12.2 Å². The van der Waals surface area contributed by atoms with Gasteiger partial charge < -0.3 is 10.5 Å². The van der Waals surface area contributed by atoms with Gasteiger partial charge in [-0.25, -0.2) is 0 Å². The molecule has 0 aliphatic carbocycles. The fourth-order valence-corrected chi connectivity index (χ4v) is 3.80. The highest BCUT2D eigenvalue weighted by Crippen LogP contribution is 2.49. The standard InChI is InChI=1S/C13H16BrNO/c14-10-4-2-1-3-8(10)13-9(7-15)11-5-6-12(13)16-11/h1-4,9,11-13H,5-7,15H2. The molecular weight excluding hydrogens is 266 g/mol. The molecule has 2 fully saturated rings. The molecule has 4 atom stereocenters. The fraction of sp³-hybridized carbons (Fsp3) is 0.538. The predicted octanol–water partition coefficient (Wildman–Crippen LogP) is 2.67. The van der Waals surface area contributed by atoms with Gasteiger partial charge in [-0.15, -0.1) is 0 Å². The molecule has 0 aromatic heterocycles. The third-order valence-electron chi connectivity index (χ3n) is 3.96. The molecule has 3 rings (SSSR count). The maximum atomic E-state index is 6.00. The minimum Gasteiger partial charge on any atom is -0.374 e. The summed E-state index contributed by atoms with van der Waals surface area (Å²) in [7, 11) is 0. The van der Waals surface area contributed by atoms with Gasteiger partial charge in [-0.1, -0.05) is 34.1 Å². The number of hydrogen-bond donors (Lipinski definition) is 1. The van der Waals surface area contributed by atoms with Crippen molar-refractivity contribution >= 4 is 15.9 Å². The zero-order valence-corrected chi connectivity index (χ0v) is 10.7. The third kappa shape index (κ3) is 1.53. The van der Waals surface area contributed by atoms with Crippen molar-refractivity contribution in [1.29, 1.82) is 0 Å². The van der Waals surface area contributed by atoms with Crippen LogP contribution in [0.1, 0.15) is 24.3 Å². The van der Waals surface area contributed by atoms with Crippen LogP contribution in [0.15, 0.2) is 28.7 Å². The number of fused-ring (bicyclic) bond motifs is 2. The lowest BCUT2D eigenvalue weighted by Crippen LogP contribution is -2.31. The monoisotopic (exact) mass is 281 g/mol. The Morgan fingerprint density at radius 1 is 1.25 bits per heavy atom. The maximum absolute atomic E-state index is 6.00. The van der Waals surface area contributed by atoms with Gasteiger partial charge in [0, 0.05) is 16.3 Å². The molecule has 16 heavy (non-hydrogen) atoms. The molecule has 0 saturated carbocycles. The molecule has 86 valence electrons. The van der Waals surface area contributed by atoms with Gasteiger partial charge in [0.2, 0.25) is 0 Å². The average Bonchev–Trinajstić information content (AvgIpc) is 2.89. The second-order valence-electron chi connectivity index (χ2n) is 4.74. The van der Waals surface area contributed by atoms with E-state index in [0.29, 0.717) is 24.0 Å². The van der Waals surface area contributed by atoms with E-state index < -0.39 is 0 Å². The number of halogens is 1. The molecule has 2 saturated heterocycles. The Morgan fingerprint density at radius 3 is 2.75 bits per heavy atom. The van der Waals surface area contributed by atoms with Crippen LogP contribution in [0.2, 0.25) is 0 Å². The van der Waals surface area contributed by atoms with E-state index in [-0.39, 0.29) is 0 Å². The second kappa shape index (κ2) is 4.13. The first-order valence-corrected chi connectivity index (χ1v) is 6.70. The van der Waals surface area contributed by atoms with Crippen molar-refractivity contribution in [2.45, 2.75) is 31.0 Å². The van der Waals surface area contributed by atoms with Crippen LogP contribution in [0.4, 0.5) is 0 Å². The van der Waals surface area contributed by atoms with Crippen LogP contribution in [-0.2, 0) is 4.74 Å². The first kappa shape index (κ1) is 10.8. The van der Waals surface area contributed by atoms with Crippen molar-refractivity contribution in [3.8, 4) is 0 Å². The molecule has 0 spiro atoms. The first-order chi connectivity index (χ1) is 7.81. The Balaban J connectivity index is 1.97. The molecule has 2 nitrogen and oxygen atoms in total. The van der Waals surface area contributed by atoms with Crippen LogP contribution in [0.25, 0.3) is 0 Å². The molecule has 0 amide bonds. The average molecular weight is 282 g/mol. The Kier molecular flexibility index (Phi) is 2.78. The zero-order chi connectivity index (χ0) is 11.1. The smallest absolute Gasteiger partial charge is 0.0653 e. The van der Waals surface area contributed by atoms with Gasteiger partial charge in [0.1, 0.15) is 0 Å². The highest BCUT2D eigenvalue weighted by molar-refractivity contribution is 9.10. The van der Waals surface area contributed by atoms with Gasteiger partial charge in [0.25, 0.3) is 0 Å². The normalized spacial score (nSPS) is 36.9.